The molecule has 0 fully saturated rings. The van der Waals surface area contributed by atoms with Crippen LogP contribution in [0, 0.1) is 18.3 Å². The topological polar surface area (TPSA) is 74.9 Å². The second-order valence-corrected chi connectivity index (χ2v) is 7.24. The molecule has 5 nitrogen and oxygen atoms in total. The number of pyridine rings is 1. The molecule has 0 bridgehead atoms. The van der Waals surface area contributed by atoms with E-state index in [0.29, 0.717) is 29.9 Å². The van der Waals surface area contributed by atoms with Gasteiger partial charge in [0.25, 0.3) is 11.5 Å². The van der Waals surface area contributed by atoms with Crippen LogP contribution in [0.4, 0.5) is 0 Å². The van der Waals surface area contributed by atoms with Crippen LogP contribution in [-0.2, 0) is 6.42 Å². The van der Waals surface area contributed by atoms with Gasteiger partial charge in [-0.2, -0.15) is 5.26 Å². The number of nitrogens with one attached hydrogen (secondary N) is 1. The Morgan fingerprint density at radius 1 is 1.14 bits per heavy atom. The van der Waals surface area contributed by atoms with Crippen molar-refractivity contribution in [3.8, 4) is 11.8 Å². The average Bonchev–Trinajstić information content (AvgIpc) is 2.69. The summed E-state index contributed by atoms with van der Waals surface area (Å²) in [5.74, 6) is -0.410. The van der Waals surface area contributed by atoms with Crippen LogP contribution in [0.15, 0.2) is 69.9 Å². The number of hydrogen-bond acceptors (Lipinski definition) is 3. The molecular formula is C22H18BrN3O2. The fraction of sp³-hybridized carbons (Fsp3) is 0.136. The van der Waals surface area contributed by atoms with Gasteiger partial charge < -0.3 is 5.32 Å². The summed E-state index contributed by atoms with van der Waals surface area (Å²) < 4.78 is 2.45. The summed E-state index contributed by atoms with van der Waals surface area (Å²) >= 11 is 3.39. The first-order valence-corrected chi connectivity index (χ1v) is 9.55. The maximum atomic E-state index is 12.9. The molecule has 1 amide bonds. The maximum Gasteiger partial charge on any atom is 0.268 e. The molecule has 2 aromatic carbocycles. The minimum Gasteiger partial charge on any atom is -0.352 e. The number of carbonyl (C=O) groups excluding carboxylic acids is 1. The summed E-state index contributed by atoms with van der Waals surface area (Å²) in [4.78, 5) is 25.5. The third-order valence-electron chi connectivity index (χ3n) is 4.37. The maximum absolute atomic E-state index is 12.9. The molecule has 1 aromatic heterocycles. The molecule has 0 atom stereocenters. The van der Waals surface area contributed by atoms with E-state index in [1.54, 1.807) is 37.3 Å². The van der Waals surface area contributed by atoms with Crippen LogP contribution < -0.4 is 10.9 Å². The second-order valence-electron chi connectivity index (χ2n) is 6.32. The summed E-state index contributed by atoms with van der Waals surface area (Å²) in [7, 11) is 0. The van der Waals surface area contributed by atoms with Crippen molar-refractivity contribution in [3.63, 3.8) is 0 Å². The highest BCUT2D eigenvalue weighted by Gasteiger charge is 2.15. The fourth-order valence-electron chi connectivity index (χ4n) is 2.91. The van der Waals surface area contributed by atoms with Crippen molar-refractivity contribution in [2.24, 2.45) is 0 Å². The second kappa shape index (κ2) is 8.68. The highest BCUT2D eigenvalue weighted by molar-refractivity contribution is 9.10. The molecule has 0 aliphatic heterocycles. The van der Waals surface area contributed by atoms with E-state index in [0.717, 1.165) is 10.0 Å². The molecule has 28 heavy (non-hydrogen) atoms. The van der Waals surface area contributed by atoms with Crippen molar-refractivity contribution >= 4 is 21.8 Å². The predicted molar refractivity (Wildman–Crippen MR) is 112 cm³/mol. The third kappa shape index (κ3) is 4.38. The SMILES string of the molecule is Cc1ccc(C(=O)NCCc2ccc(Br)cc2)c(=O)n1-c1cccc(C#N)c1. The lowest BCUT2D eigenvalue weighted by atomic mass is 10.1. The molecule has 1 heterocycles. The highest BCUT2D eigenvalue weighted by atomic mass is 79.9. The van der Waals surface area contributed by atoms with Gasteiger partial charge in [0.05, 0.1) is 17.3 Å². The summed E-state index contributed by atoms with van der Waals surface area (Å²) in [5, 5.41) is 11.9. The molecule has 0 saturated carbocycles. The van der Waals surface area contributed by atoms with E-state index in [1.165, 1.54) is 10.6 Å². The largest absolute Gasteiger partial charge is 0.352 e. The fourth-order valence-corrected chi connectivity index (χ4v) is 3.17. The Hall–Kier alpha value is -3.17. The average molecular weight is 436 g/mol. The van der Waals surface area contributed by atoms with Gasteiger partial charge in [0.15, 0.2) is 0 Å². The Balaban J connectivity index is 1.80. The van der Waals surface area contributed by atoms with Gasteiger partial charge in [-0.25, -0.2) is 0 Å². The molecule has 0 unspecified atom stereocenters. The first kappa shape index (κ1) is 19.6. The van der Waals surface area contributed by atoms with Crippen molar-refractivity contribution < 1.29 is 4.79 Å². The lowest BCUT2D eigenvalue weighted by molar-refractivity contribution is 0.0952. The zero-order valence-corrected chi connectivity index (χ0v) is 16.9. The van der Waals surface area contributed by atoms with Gasteiger partial charge in [-0.3, -0.25) is 14.2 Å². The normalized spacial score (nSPS) is 10.3. The van der Waals surface area contributed by atoms with Gasteiger partial charge in [-0.15, -0.1) is 0 Å². The summed E-state index contributed by atoms with van der Waals surface area (Å²) in [5.41, 5.74) is 2.46. The molecule has 140 valence electrons. The van der Waals surface area contributed by atoms with Crippen LogP contribution in [0.1, 0.15) is 27.2 Å². The van der Waals surface area contributed by atoms with Crippen LogP contribution in [0.5, 0.6) is 0 Å². The van der Waals surface area contributed by atoms with Crippen molar-refractivity contribution in [2.45, 2.75) is 13.3 Å². The van der Waals surface area contributed by atoms with E-state index in [-0.39, 0.29) is 5.56 Å². The smallest absolute Gasteiger partial charge is 0.268 e. The van der Waals surface area contributed by atoms with Crippen molar-refractivity contribution in [1.82, 2.24) is 9.88 Å². The first-order valence-electron chi connectivity index (χ1n) is 8.75. The summed E-state index contributed by atoms with van der Waals surface area (Å²) in [6.07, 6.45) is 0.670. The number of benzene rings is 2. The predicted octanol–water partition coefficient (Wildman–Crippen LogP) is 3.75. The van der Waals surface area contributed by atoms with Gasteiger partial charge in [0, 0.05) is 16.7 Å². The van der Waals surface area contributed by atoms with Gasteiger partial charge >= 0.3 is 0 Å². The lowest BCUT2D eigenvalue weighted by Gasteiger charge is -2.12. The number of amides is 1. The number of aromatic nitrogens is 1. The van der Waals surface area contributed by atoms with Gasteiger partial charge in [-0.05, 0) is 61.4 Å². The Morgan fingerprint density at radius 3 is 2.61 bits per heavy atom. The number of hydrogen-bond donors (Lipinski definition) is 1. The van der Waals surface area contributed by atoms with Gasteiger partial charge in [0.2, 0.25) is 0 Å². The Bertz CT molecular complexity index is 1110. The lowest BCUT2D eigenvalue weighted by Crippen LogP contribution is -2.34. The van der Waals surface area contributed by atoms with Crippen LogP contribution in [0.2, 0.25) is 0 Å². The first-order chi connectivity index (χ1) is 13.5. The van der Waals surface area contributed by atoms with Crippen molar-refractivity contribution in [3.05, 3.63) is 97.9 Å². The van der Waals surface area contributed by atoms with E-state index in [1.807, 2.05) is 24.3 Å². The Kier molecular flexibility index (Phi) is 6.07. The molecular weight excluding hydrogens is 418 g/mol. The molecule has 6 heteroatoms. The van der Waals surface area contributed by atoms with E-state index < -0.39 is 11.5 Å². The number of halogens is 1. The molecule has 0 aliphatic carbocycles. The molecule has 3 rings (SSSR count). The van der Waals surface area contributed by atoms with E-state index in [9.17, 15) is 9.59 Å². The molecule has 0 radical (unpaired) electrons. The highest BCUT2D eigenvalue weighted by Crippen LogP contribution is 2.12. The van der Waals surface area contributed by atoms with Crippen LogP contribution in [0.25, 0.3) is 5.69 Å². The van der Waals surface area contributed by atoms with E-state index in [4.69, 9.17) is 5.26 Å². The minimum absolute atomic E-state index is 0.0729. The van der Waals surface area contributed by atoms with Crippen LogP contribution in [-0.4, -0.2) is 17.0 Å². The van der Waals surface area contributed by atoms with Crippen molar-refractivity contribution in [2.75, 3.05) is 6.54 Å². The number of nitriles is 1. The van der Waals surface area contributed by atoms with Crippen molar-refractivity contribution in [1.29, 1.82) is 5.26 Å². The standard InChI is InChI=1S/C22H18BrN3O2/c1-15-5-10-20(21(27)25-12-11-16-6-8-18(23)9-7-16)22(28)26(15)19-4-2-3-17(13-19)14-24/h2-10,13H,11-12H2,1H3,(H,25,27). The zero-order chi connectivity index (χ0) is 20.1. The Labute approximate surface area is 171 Å². The molecule has 0 aliphatic rings. The number of nitrogens with zero attached hydrogens (tertiary/aromatic N) is 2. The number of aryl methyl sites for hydroxylation is 1. The monoisotopic (exact) mass is 435 g/mol. The number of carbonyl (C=O) groups is 1. The van der Waals surface area contributed by atoms with Gasteiger partial charge in [0.1, 0.15) is 5.56 Å². The molecule has 3 aromatic rings. The molecule has 1 N–H and O–H groups in total. The van der Waals surface area contributed by atoms with Crippen LogP contribution in [0.3, 0.4) is 0 Å². The Morgan fingerprint density at radius 2 is 1.89 bits per heavy atom. The van der Waals surface area contributed by atoms with Gasteiger partial charge in [-0.1, -0.05) is 34.1 Å². The van der Waals surface area contributed by atoms with E-state index in [2.05, 4.69) is 27.3 Å². The van der Waals surface area contributed by atoms with Crippen LogP contribution >= 0.6 is 15.9 Å². The zero-order valence-electron chi connectivity index (χ0n) is 15.3. The van der Waals surface area contributed by atoms with E-state index >= 15 is 0 Å². The summed E-state index contributed by atoms with van der Waals surface area (Å²) in [6.45, 7) is 2.22. The third-order valence-corrected chi connectivity index (χ3v) is 4.90. The molecule has 0 spiro atoms. The quantitative estimate of drug-likeness (QED) is 0.662. The molecule has 0 saturated heterocycles. The number of rotatable bonds is 5. The summed E-state index contributed by atoms with van der Waals surface area (Å²) in [6, 6.07) is 19.9. The minimum atomic E-state index is -0.410.